The molecule has 4 nitrogen and oxygen atoms in total. The molecule has 1 saturated heterocycles. The SMILES string of the molecule is C=CCNC(=O)c1cccc(CN2CCN(c3ccccc3)CC2)c1. The van der Waals surface area contributed by atoms with Crippen LogP contribution in [0.4, 0.5) is 5.69 Å². The lowest BCUT2D eigenvalue weighted by Gasteiger charge is -2.36. The van der Waals surface area contributed by atoms with Gasteiger partial charge in [0.2, 0.25) is 0 Å². The van der Waals surface area contributed by atoms with Crippen LogP contribution in [0.3, 0.4) is 0 Å². The van der Waals surface area contributed by atoms with E-state index in [2.05, 4.69) is 58.1 Å². The minimum atomic E-state index is -0.0457. The van der Waals surface area contributed by atoms with Gasteiger partial charge in [0.15, 0.2) is 0 Å². The number of piperazine rings is 1. The molecule has 4 heteroatoms. The minimum Gasteiger partial charge on any atom is -0.369 e. The van der Waals surface area contributed by atoms with Gasteiger partial charge in [-0.2, -0.15) is 0 Å². The fourth-order valence-electron chi connectivity index (χ4n) is 3.14. The summed E-state index contributed by atoms with van der Waals surface area (Å²) in [6.07, 6.45) is 1.69. The Morgan fingerprint density at radius 3 is 2.52 bits per heavy atom. The molecule has 0 spiro atoms. The maximum absolute atomic E-state index is 12.1. The number of nitrogens with one attached hydrogen (secondary N) is 1. The molecule has 0 aromatic heterocycles. The molecule has 25 heavy (non-hydrogen) atoms. The number of carbonyl (C=O) groups excluding carboxylic acids is 1. The summed E-state index contributed by atoms with van der Waals surface area (Å²) in [6.45, 7) is 9.12. The molecular weight excluding hydrogens is 310 g/mol. The van der Waals surface area contributed by atoms with E-state index in [1.165, 1.54) is 11.3 Å². The highest BCUT2D eigenvalue weighted by Crippen LogP contribution is 2.17. The fourth-order valence-corrected chi connectivity index (χ4v) is 3.14. The van der Waals surface area contributed by atoms with Gasteiger partial charge in [-0.3, -0.25) is 9.69 Å². The first kappa shape index (κ1) is 17.2. The van der Waals surface area contributed by atoms with E-state index in [0.29, 0.717) is 12.1 Å². The fraction of sp³-hybridized carbons (Fsp3) is 0.286. The molecule has 1 aliphatic heterocycles. The summed E-state index contributed by atoms with van der Waals surface area (Å²) in [7, 11) is 0. The standard InChI is InChI=1S/C21H25N3O/c1-2-11-22-21(25)19-8-6-7-18(16-19)17-23-12-14-24(15-13-23)20-9-4-3-5-10-20/h2-10,16H,1,11-15,17H2,(H,22,25). The Balaban J connectivity index is 1.55. The number of anilines is 1. The summed E-state index contributed by atoms with van der Waals surface area (Å²) in [6, 6.07) is 18.5. The lowest BCUT2D eigenvalue weighted by molar-refractivity contribution is 0.0958. The second-order valence-corrected chi connectivity index (χ2v) is 6.30. The van der Waals surface area contributed by atoms with Crippen LogP contribution in [0.15, 0.2) is 67.3 Å². The molecule has 0 unspecified atom stereocenters. The zero-order chi connectivity index (χ0) is 17.5. The van der Waals surface area contributed by atoms with E-state index in [0.717, 1.165) is 32.7 Å². The first-order chi connectivity index (χ1) is 12.3. The third-order valence-corrected chi connectivity index (χ3v) is 4.50. The highest BCUT2D eigenvalue weighted by Gasteiger charge is 2.17. The molecule has 2 aromatic rings. The predicted octanol–water partition coefficient (Wildman–Crippen LogP) is 2.92. The molecule has 1 amide bonds. The molecule has 0 atom stereocenters. The van der Waals surface area contributed by atoms with Gasteiger partial charge in [0.05, 0.1) is 0 Å². The van der Waals surface area contributed by atoms with Gasteiger partial charge in [-0.25, -0.2) is 0 Å². The molecule has 130 valence electrons. The lowest BCUT2D eigenvalue weighted by atomic mass is 10.1. The Morgan fingerprint density at radius 2 is 1.80 bits per heavy atom. The molecule has 1 heterocycles. The van der Waals surface area contributed by atoms with Crippen molar-refractivity contribution in [3.63, 3.8) is 0 Å². The Bertz CT molecular complexity index is 706. The largest absolute Gasteiger partial charge is 0.369 e. The molecule has 1 fully saturated rings. The van der Waals surface area contributed by atoms with E-state index < -0.39 is 0 Å². The van der Waals surface area contributed by atoms with Gasteiger partial charge < -0.3 is 10.2 Å². The Kier molecular flexibility index (Phi) is 5.86. The van der Waals surface area contributed by atoms with Gasteiger partial charge in [-0.05, 0) is 29.8 Å². The second kappa shape index (κ2) is 8.49. The van der Waals surface area contributed by atoms with Crippen molar-refractivity contribution >= 4 is 11.6 Å². The van der Waals surface area contributed by atoms with Gasteiger partial charge in [0, 0.05) is 50.5 Å². The number of amides is 1. The summed E-state index contributed by atoms with van der Waals surface area (Å²) >= 11 is 0. The Labute approximate surface area is 149 Å². The summed E-state index contributed by atoms with van der Waals surface area (Å²) < 4.78 is 0. The molecule has 1 aliphatic rings. The van der Waals surface area contributed by atoms with E-state index in [4.69, 9.17) is 0 Å². The van der Waals surface area contributed by atoms with Crippen LogP contribution in [0.25, 0.3) is 0 Å². The molecule has 2 aromatic carbocycles. The Hall–Kier alpha value is -2.59. The maximum Gasteiger partial charge on any atom is 0.251 e. The van der Waals surface area contributed by atoms with Crippen LogP contribution >= 0.6 is 0 Å². The lowest BCUT2D eigenvalue weighted by Crippen LogP contribution is -2.45. The quantitative estimate of drug-likeness (QED) is 0.825. The van der Waals surface area contributed by atoms with Crippen molar-refractivity contribution in [2.45, 2.75) is 6.54 Å². The second-order valence-electron chi connectivity index (χ2n) is 6.30. The highest BCUT2D eigenvalue weighted by atomic mass is 16.1. The summed E-state index contributed by atoms with van der Waals surface area (Å²) in [5.74, 6) is -0.0457. The van der Waals surface area contributed by atoms with Gasteiger partial charge >= 0.3 is 0 Å². The zero-order valence-electron chi connectivity index (χ0n) is 14.5. The van der Waals surface area contributed by atoms with Gasteiger partial charge in [0.25, 0.3) is 5.91 Å². The van der Waals surface area contributed by atoms with E-state index in [9.17, 15) is 4.79 Å². The monoisotopic (exact) mass is 335 g/mol. The van der Waals surface area contributed by atoms with Gasteiger partial charge in [0.1, 0.15) is 0 Å². The van der Waals surface area contributed by atoms with Crippen molar-refractivity contribution in [3.8, 4) is 0 Å². The average molecular weight is 335 g/mol. The minimum absolute atomic E-state index is 0.0457. The van der Waals surface area contributed by atoms with Crippen LogP contribution in [-0.4, -0.2) is 43.5 Å². The molecular formula is C21H25N3O. The summed E-state index contributed by atoms with van der Waals surface area (Å²) in [5, 5.41) is 2.83. The van der Waals surface area contributed by atoms with Crippen LogP contribution < -0.4 is 10.2 Å². The van der Waals surface area contributed by atoms with Crippen LogP contribution in [0.1, 0.15) is 15.9 Å². The predicted molar refractivity (Wildman–Crippen MR) is 103 cm³/mol. The van der Waals surface area contributed by atoms with Crippen LogP contribution in [0, 0.1) is 0 Å². The number of hydrogen-bond donors (Lipinski definition) is 1. The van der Waals surface area contributed by atoms with Crippen molar-refractivity contribution in [3.05, 3.63) is 78.4 Å². The van der Waals surface area contributed by atoms with E-state index >= 15 is 0 Å². The molecule has 0 radical (unpaired) electrons. The number of carbonyl (C=O) groups is 1. The van der Waals surface area contributed by atoms with Crippen LogP contribution in [0.2, 0.25) is 0 Å². The molecule has 1 N–H and O–H groups in total. The van der Waals surface area contributed by atoms with Crippen molar-refractivity contribution in [1.29, 1.82) is 0 Å². The number of benzene rings is 2. The molecule has 0 aliphatic carbocycles. The van der Waals surface area contributed by atoms with E-state index in [1.807, 2.05) is 18.2 Å². The molecule has 0 saturated carbocycles. The molecule has 0 bridgehead atoms. The summed E-state index contributed by atoms with van der Waals surface area (Å²) in [4.78, 5) is 16.9. The van der Waals surface area contributed by atoms with Crippen LogP contribution in [-0.2, 0) is 6.54 Å². The normalized spacial score (nSPS) is 15.0. The number of para-hydroxylation sites is 1. The number of hydrogen-bond acceptors (Lipinski definition) is 3. The van der Waals surface area contributed by atoms with Crippen LogP contribution in [0.5, 0.6) is 0 Å². The average Bonchev–Trinajstić information content (AvgIpc) is 2.67. The topological polar surface area (TPSA) is 35.6 Å². The number of rotatable bonds is 6. The van der Waals surface area contributed by atoms with Crippen molar-refractivity contribution in [2.24, 2.45) is 0 Å². The maximum atomic E-state index is 12.1. The Morgan fingerprint density at radius 1 is 1.04 bits per heavy atom. The first-order valence-electron chi connectivity index (χ1n) is 8.76. The third-order valence-electron chi connectivity index (χ3n) is 4.50. The van der Waals surface area contributed by atoms with Crippen molar-refractivity contribution < 1.29 is 4.79 Å². The van der Waals surface area contributed by atoms with E-state index in [-0.39, 0.29) is 5.91 Å². The van der Waals surface area contributed by atoms with E-state index in [1.54, 1.807) is 6.08 Å². The zero-order valence-corrected chi connectivity index (χ0v) is 14.5. The smallest absolute Gasteiger partial charge is 0.251 e. The third kappa shape index (κ3) is 4.70. The van der Waals surface area contributed by atoms with Crippen molar-refractivity contribution in [1.82, 2.24) is 10.2 Å². The summed E-state index contributed by atoms with van der Waals surface area (Å²) in [5.41, 5.74) is 3.18. The van der Waals surface area contributed by atoms with Gasteiger partial charge in [-0.1, -0.05) is 36.4 Å². The number of nitrogens with zero attached hydrogens (tertiary/aromatic N) is 2. The molecule has 3 rings (SSSR count). The van der Waals surface area contributed by atoms with Gasteiger partial charge in [-0.15, -0.1) is 6.58 Å². The van der Waals surface area contributed by atoms with Crippen molar-refractivity contribution in [2.75, 3.05) is 37.6 Å². The first-order valence-corrected chi connectivity index (χ1v) is 8.76. The highest BCUT2D eigenvalue weighted by molar-refractivity contribution is 5.94.